The van der Waals surface area contributed by atoms with Gasteiger partial charge in [0.15, 0.2) is 0 Å². The van der Waals surface area contributed by atoms with E-state index in [9.17, 15) is 14.0 Å². The molecule has 0 aliphatic carbocycles. The van der Waals surface area contributed by atoms with Crippen molar-refractivity contribution in [3.05, 3.63) is 24.0 Å². The molecule has 0 aromatic heterocycles. The van der Waals surface area contributed by atoms with Crippen LogP contribution in [0.4, 0.5) is 15.8 Å². The molecule has 0 saturated carbocycles. The van der Waals surface area contributed by atoms with E-state index in [0.717, 1.165) is 45.4 Å². The number of benzene rings is 1. The van der Waals surface area contributed by atoms with Crippen molar-refractivity contribution in [2.24, 2.45) is 5.41 Å². The largest absolute Gasteiger partial charge is 0.374 e. The number of hydrogen-bond donors (Lipinski definition) is 3. The molecule has 3 saturated heterocycles. The first-order valence-corrected chi connectivity index (χ1v) is 9.40. The van der Waals surface area contributed by atoms with Crippen LogP contribution in [0.2, 0.25) is 0 Å². The Hall–Kier alpha value is -2.15. The highest BCUT2D eigenvalue weighted by Crippen LogP contribution is 2.41. The first kappa shape index (κ1) is 17.3. The number of nitrogens with zero attached hydrogens (tertiary/aromatic N) is 1. The molecule has 140 valence electrons. The van der Waals surface area contributed by atoms with Crippen LogP contribution in [0.15, 0.2) is 18.2 Å². The van der Waals surface area contributed by atoms with Crippen LogP contribution in [-0.4, -0.2) is 44.0 Å². The minimum Gasteiger partial charge on any atom is -0.374 e. The molecule has 6 nitrogen and oxygen atoms in total. The van der Waals surface area contributed by atoms with E-state index in [1.165, 1.54) is 6.07 Å². The van der Waals surface area contributed by atoms with Crippen molar-refractivity contribution in [3.63, 3.8) is 0 Å². The Bertz CT molecular complexity index is 717. The summed E-state index contributed by atoms with van der Waals surface area (Å²) < 4.78 is 14.7. The van der Waals surface area contributed by atoms with Crippen LogP contribution < -0.4 is 20.9 Å². The number of nitrogens with one attached hydrogen (secondary N) is 3. The highest BCUT2D eigenvalue weighted by Gasteiger charge is 2.39. The molecule has 3 fully saturated rings. The normalized spacial score (nSPS) is 25.4. The predicted octanol–water partition coefficient (Wildman–Crippen LogP) is 1.62. The molecule has 0 bridgehead atoms. The Kier molecular flexibility index (Phi) is 4.56. The number of imide groups is 1. The van der Waals surface area contributed by atoms with Crippen LogP contribution in [0, 0.1) is 11.2 Å². The quantitative estimate of drug-likeness (QED) is 0.715. The zero-order valence-corrected chi connectivity index (χ0v) is 14.8. The lowest BCUT2D eigenvalue weighted by molar-refractivity contribution is -0.133. The fourth-order valence-corrected chi connectivity index (χ4v) is 4.39. The van der Waals surface area contributed by atoms with Crippen molar-refractivity contribution in [2.75, 3.05) is 36.4 Å². The molecule has 0 radical (unpaired) electrons. The van der Waals surface area contributed by atoms with Crippen LogP contribution in [0.5, 0.6) is 0 Å². The molecule has 1 aromatic carbocycles. The van der Waals surface area contributed by atoms with Crippen molar-refractivity contribution in [3.8, 4) is 0 Å². The van der Waals surface area contributed by atoms with Crippen molar-refractivity contribution in [2.45, 2.75) is 38.1 Å². The number of hydrogen-bond acceptors (Lipinski definition) is 5. The number of piperidine rings is 2. The average Bonchev–Trinajstić information content (AvgIpc) is 3.01. The van der Waals surface area contributed by atoms with Gasteiger partial charge >= 0.3 is 0 Å². The maximum absolute atomic E-state index is 14.7. The van der Waals surface area contributed by atoms with E-state index < -0.39 is 6.04 Å². The van der Waals surface area contributed by atoms with Gasteiger partial charge in [-0.1, -0.05) is 0 Å². The number of amides is 2. The summed E-state index contributed by atoms with van der Waals surface area (Å²) in [6, 6.07) is 4.56. The highest BCUT2D eigenvalue weighted by molar-refractivity contribution is 6.01. The molecule has 1 aromatic rings. The molecule has 4 rings (SSSR count). The lowest BCUT2D eigenvalue weighted by Crippen LogP contribution is -2.47. The van der Waals surface area contributed by atoms with Gasteiger partial charge in [0.25, 0.3) is 0 Å². The van der Waals surface area contributed by atoms with Crippen LogP contribution in [-0.2, 0) is 9.59 Å². The monoisotopic (exact) mass is 360 g/mol. The third kappa shape index (κ3) is 3.40. The van der Waals surface area contributed by atoms with Gasteiger partial charge in [0.05, 0.1) is 5.69 Å². The zero-order valence-electron chi connectivity index (χ0n) is 14.8. The fourth-order valence-electron chi connectivity index (χ4n) is 4.39. The average molecular weight is 360 g/mol. The minimum absolute atomic E-state index is 0.254. The standard InChI is InChI=1S/C19H25FN4O2/c20-14-11-13(22-15-2-4-17(25)23-18(15)26)1-3-16(14)24-10-7-19(12-24)5-8-21-9-6-19/h1,3,11,15,21-22H,2,4-10,12H2,(H,23,25,26). The van der Waals surface area contributed by atoms with Crippen molar-refractivity contribution >= 4 is 23.2 Å². The molecule has 1 atom stereocenters. The predicted molar refractivity (Wildman–Crippen MR) is 97.6 cm³/mol. The summed E-state index contributed by atoms with van der Waals surface area (Å²) >= 11 is 0. The van der Waals surface area contributed by atoms with Crippen LogP contribution >= 0.6 is 0 Å². The Labute approximate surface area is 152 Å². The lowest BCUT2D eigenvalue weighted by Gasteiger charge is -2.34. The van der Waals surface area contributed by atoms with E-state index in [1.54, 1.807) is 6.07 Å². The summed E-state index contributed by atoms with van der Waals surface area (Å²) in [4.78, 5) is 25.2. The van der Waals surface area contributed by atoms with Gasteiger partial charge in [-0.3, -0.25) is 14.9 Å². The van der Waals surface area contributed by atoms with Gasteiger partial charge in [-0.05, 0) is 62.4 Å². The van der Waals surface area contributed by atoms with Crippen molar-refractivity contribution < 1.29 is 14.0 Å². The topological polar surface area (TPSA) is 73.5 Å². The second-order valence-electron chi connectivity index (χ2n) is 7.74. The van der Waals surface area contributed by atoms with E-state index in [1.807, 2.05) is 6.07 Å². The molecule has 7 heteroatoms. The summed E-state index contributed by atoms with van der Waals surface area (Å²) in [5.74, 6) is -0.873. The van der Waals surface area contributed by atoms with Gasteiger partial charge < -0.3 is 15.5 Å². The molecule has 3 aliphatic rings. The van der Waals surface area contributed by atoms with E-state index in [4.69, 9.17) is 0 Å². The van der Waals surface area contributed by atoms with Crippen molar-refractivity contribution in [1.82, 2.24) is 10.6 Å². The highest BCUT2D eigenvalue weighted by atomic mass is 19.1. The van der Waals surface area contributed by atoms with Gasteiger partial charge in [-0.25, -0.2) is 4.39 Å². The van der Waals surface area contributed by atoms with Gasteiger partial charge in [-0.2, -0.15) is 0 Å². The first-order chi connectivity index (χ1) is 12.5. The molecule has 2 amide bonds. The summed E-state index contributed by atoms with van der Waals surface area (Å²) in [7, 11) is 0. The van der Waals surface area contributed by atoms with Crippen molar-refractivity contribution in [1.29, 1.82) is 0 Å². The smallest absolute Gasteiger partial charge is 0.249 e. The zero-order chi connectivity index (χ0) is 18.1. The molecular weight excluding hydrogens is 335 g/mol. The van der Waals surface area contributed by atoms with Crippen LogP contribution in [0.3, 0.4) is 0 Å². The summed E-state index contributed by atoms with van der Waals surface area (Å²) in [5, 5.41) is 8.74. The van der Waals surface area contributed by atoms with E-state index in [2.05, 4.69) is 20.9 Å². The molecule has 1 unspecified atom stereocenters. The summed E-state index contributed by atoms with van der Waals surface area (Å²) in [6.45, 7) is 3.89. The van der Waals surface area contributed by atoms with Gasteiger partial charge in [0.2, 0.25) is 11.8 Å². The molecule has 3 N–H and O–H groups in total. The Morgan fingerprint density at radius 3 is 2.73 bits per heavy atom. The number of rotatable bonds is 3. The molecule has 3 aliphatic heterocycles. The third-order valence-electron chi connectivity index (χ3n) is 5.97. The Morgan fingerprint density at radius 2 is 2.00 bits per heavy atom. The second-order valence-corrected chi connectivity index (χ2v) is 7.74. The summed E-state index contributed by atoms with van der Waals surface area (Å²) in [5.41, 5.74) is 1.52. The molecule has 26 heavy (non-hydrogen) atoms. The van der Waals surface area contributed by atoms with Crippen LogP contribution in [0.1, 0.15) is 32.1 Å². The summed E-state index contributed by atoms with van der Waals surface area (Å²) in [6.07, 6.45) is 4.15. The number of anilines is 2. The second kappa shape index (κ2) is 6.87. The lowest BCUT2D eigenvalue weighted by atomic mass is 9.78. The van der Waals surface area contributed by atoms with Crippen LogP contribution in [0.25, 0.3) is 0 Å². The van der Waals surface area contributed by atoms with Gasteiger partial charge in [0.1, 0.15) is 11.9 Å². The number of halogens is 1. The third-order valence-corrected chi connectivity index (χ3v) is 5.97. The number of carbonyl (C=O) groups is 2. The minimum atomic E-state index is -0.497. The first-order valence-electron chi connectivity index (χ1n) is 9.40. The maximum Gasteiger partial charge on any atom is 0.249 e. The number of carbonyl (C=O) groups excluding carboxylic acids is 2. The van der Waals surface area contributed by atoms with Gasteiger partial charge in [0, 0.05) is 25.2 Å². The Morgan fingerprint density at radius 1 is 1.19 bits per heavy atom. The fraction of sp³-hybridized carbons (Fsp3) is 0.579. The van der Waals surface area contributed by atoms with E-state index in [0.29, 0.717) is 29.6 Å². The van der Waals surface area contributed by atoms with E-state index in [-0.39, 0.29) is 17.6 Å². The Balaban J connectivity index is 1.43. The maximum atomic E-state index is 14.7. The molecule has 3 heterocycles. The SMILES string of the molecule is O=C1CCC(Nc2ccc(N3CCC4(CCNCC4)C3)c(F)c2)C(=O)N1. The van der Waals surface area contributed by atoms with E-state index >= 15 is 0 Å². The molecule has 1 spiro atoms. The molecular formula is C19H25FN4O2. The van der Waals surface area contributed by atoms with Gasteiger partial charge in [-0.15, -0.1) is 0 Å².